The number of nitrogens with zero attached hydrogens (tertiary/aromatic N) is 4. The highest BCUT2D eigenvalue weighted by Crippen LogP contribution is 2.08. The minimum Gasteiger partial charge on any atom is -0.396 e. The number of aliphatic hydroxyl groups excluding tert-OH is 1. The Hall–Kier alpha value is -2.02. The molecule has 7 nitrogen and oxygen atoms in total. The van der Waals surface area contributed by atoms with Crippen molar-refractivity contribution < 1.29 is 5.11 Å². The van der Waals surface area contributed by atoms with Crippen LogP contribution in [0.3, 0.4) is 0 Å². The summed E-state index contributed by atoms with van der Waals surface area (Å²) in [5, 5.41) is 8.80. The van der Waals surface area contributed by atoms with Gasteiger partial charge in [-0.1, -0.05) is 0 Å². The summed E-state index contributed by atoms with van der Waals surface area (Å²) >= 11 is 0. The first-order valence-corrected chi connectivity index (χ1v) is 5.66. The average Bonchev–Trinajstić information content (AvgIpc) is 2.32. The number of aliphatic hydroxyl groups is 1. The number of nitrogens with two attached hydrogens (primary N) is 1. The number of fused-ring (bicyclic) bond motifs is 1. The summed E-state index contributed by atoms with van der Waals surface area (Å²) in [6.45, 7) is 3.90. The van der Waals surface area contributed by atoms with E-state index < -0.39 is 0 Å². The fourth-order valence-corrected chi connectivity index (χ4v) is 1.66. The molecule has 96 valence electrons. The fraction of sp³-hybridized carbons (Fsp3) is 0.455. The van der Waals surface area contributed by atoms with Crippen molar-refractivity contribution in [2.24, 2.45) is 0 Å². The summed E-state index contributed by atoms with van der Waals surface area (Å²) < 4.78 is 1.31. The van der Waals surface area contributed by atoms with Gasteiger partial charge < -0.3 is 10.8 Å². The van der Waals surface area contributed by atoms with Crippen molar-refractivity contribution >= 4 is 17.1 Å². The zero-order valence-electron chi connectivity index (χ0n) is 10.3. The predicted octanol–water partition coefficient (Wildman–Crippen LogP) is -0.232. The van der Waals surface area contributed by atoms with Crippen LogP contribution in [0.4, 0.5) is 5.95 Å². The molecule has 2 aromatic rings. The van der Waals surface area contributed by atoms with E-state index >= 15 is 0 Å². The van der Waals surface area contributed by atoms with Gasteiger partial charge in [0.15, 0.2) is 11.2 Å². The van der Waals surface area contributed by atoms with Crippen LogP contribution in [0.25, 0.3) is 11.2 Å². The predicted molar refractivity (Wildman–Crippen MR) is 67.2 cm³/mol. The van der Waals surface area contributed by atoms with Gasteiger partial charge in [0.1, 0.15) is 0 Å². The highest BCUT2D eigenvalue weighted by Gasteiger charge is 2.12. The van der Waals surface area contributed by atoms with Crippen LogP contribution in [-0.2, 0) is 6.54 Å². The van der Waals surface area contributed by atoms with E-state index in [0.717, 1.165) is 5.69 Å². The molecule has 0 fully saturated rings. The summed E-state index contributed by atoms with van der Waals surface area (Å²) in [6, 6.07) is 0. The van der Waals surface area contributed by atoms with Crippen molar-refractivity contribution in [3.05, 3.63) is 21.7 Å². The normalized spacial score (nSPS) is 11.1. The molecule has 0 radical (unpaired) electrons. The van der Waals surface area contributed by atoms with Crippen LogP contribution in [0.15, 0.2) is 4.79 Å². The quantitative estimate of drug-likeness (QED) is 0.778. The third-order valence-corrected chi connectivity index (χ3v) is 2.77. The van der Waals surface area contributed by atoms with Crippen molar-refractivity contribution in [1.82, 2.24) is 19.5 Å². The van der Waals surface area contributed by atoms with Gasteiger partial charge in [0, 0.05) is 13.2 Å². The Labute approximate surface area is 103 Å². The number of aromatic nitrogens is 4. The lowest BCUT2D eigenvalue weighted by atomic mass is 10.3. The molecule has 0 amide bonds. The minimum atomic E-state index is -0.318. The van der Waals surface area contributed by atoms with Gasteiger partial charge >= 0.3 is 0 Å². The largest absolute Gasteiger partial charge is 0.396 e. The van der Waals surface area contributed by atoms with E-state index in [4.69, 9.17) is 10.8 Å². The maximum absolute atomic E-state index is 12.2. The van der Waals surface area contributed by atoms with Crippen molar-refractivity contribution in [1.29, 1.82) is 0 Å². The molecule has 0 saturated heterocycles. The zero-order chi connectivity index (χ0) is 13.3. The van der Waals surface area contributed by atoms with Crippen LogP contribution in [0.5, 0.6) is 0 Å². The van der Waals surface area contributed by atoms with Crippen LogP contribution in [0, 0.1) is 13.8 Å². The summed E-state index contributed by atoms with van der Waals surface area (Å²) in [4.78, 5) is 24.7. The number of hydrogen-bond acceptors (Lipinski definition) is 6. The standard InChI is InChI=1S/C11H15N5O2/c1-6-7(2)14-9-8(13-6)10(18)16(4-3-5-17)11(12)15-9/h17H,3-5H2,1-2H3,(H2,12,14,15). The molecule has 0 saturated carbocycles. The van der Waals surface area contributed by atoms with E-state index in [0.29, 0.717) is 18.7 Å². The molecule has 0 unspecified atom stereocenters. The van der Waals surface area contributed by atoms with Gasteiger partial charge in [0.2, 0.25) is 5.95 Å². The summed E-state index contributed by atoms with van der Waals surface area (Å²) in [5.74, 6) is 0.0958. The highest BCUT2D eigenvalue weighted by atomic mass is 16.3. The van der Waals surface area contributed by atoms with Gasteiger partial charge in [-0.15, -0.1) is 0 Å². The van der Waals surface area contributed by atoms with Crippen molar-refractivity contribution in [2.45, 2.75) is 26.8 Å². The fourth-order valence-electron chi connectivity index (χ4n) is 1.66. The van der Waals surface area contributed by atoms with Gasteiger partial charge in [0.05, 0.1) is 11.4 Å². The van der Waals surface area contributed by atoms with Crippen molar-refractivity contribution in [3.8, 4) is 0 Å². The second-order valence-electron chi connectivity index (χ2n) is 4.07. The van der Waals surface area contributed by atoms with Crippen LogP contribution >= 0.6 is 0 Å². The van der Waals surface area contributed by atoms with E-state index in [2.05, 4.69) is 15.0 Å². The summed E-state index contributed by atoms with van der Waals surface area (Å²) in [5.41, 5.74) is 7.30. The number of aryl methyl sites for hydroxylation is 2. The molecule has 0 atom stereocenters. The van der Waals surface area contributed by atoms with Crippen LogP contribution in [-0.4, -0.2) is 31.2 Å². The van der Waals surface area contributed by atoms with Gasteiger partial charge in [-0.2, -0.15) is 4.98 Å². The molecule has 18 heavy (non-hydrogen) atoms. The molecule has 0 aromatic carbocycles. The Kier molecular flexibility index (Phi) is 3.24. The summed E-state index contributed by atoms with van der Waals surface area (Å²) in [6.07, 6.45) is 0.440. The van der Waals surface area contributed by atoms with E-state index in [-0.39, 0.29) is 29.3 Å². The molecule has 0 bridgehead atoms. The Morgan fingerprint density at radius 3 is 2.56 bits per heavy atom. The van der Waals surface area contributed by atoms with Gasteiger partial charge in [-0.3, -0.25) is 9.36 Å². The van der Waals surface area contributed by atoms with Crippen LogP contribution in [0.2, 0.25) is 0 Å². The van der Waals surface area contributed by atoms with E-state index in [1.165, 1.54) is 4.57 Å². The molecule has 2 heterocycles. The van der Waals surface area contributed by atoms with Crippen molar-refractivity contribution in [2.75, 3.05) is 12.3 Å². The number of anilines is 1. The van der Waals surface area contributed by atoms with Crippen molar-refractivity contribution in [3.63, 3.8) is 0 Å². The molecule has 7 heteroatoms. The first-order valence-electron chi connectivity index (χ1n) is 5.66. The van der Waals surface area contributed by atoms with Gasteiger partial charge in [-0.05, 0) is 20.3 Å². The van der Waals surface area contributed by atoms with E-state index in [9.17, 15) is 4.79 Å². The Morgan fingerprint density at radius 2 is 1.89 bits per heavy atom. The summed E-state index contributed by atoms with van der Waals surface area (Å²) in [7, 11) is 0. The van der Waals surface area contributed by atoms with E-state index in [1.54, 1.807) is 13.8 Å². The number of rotatable bonds is 3. The Balaban J connectivity index is 2.69. The minimum absolute atomic E-state index is 0.0114. The van der Waals surface area contributed by atoms with Gasteiger partial charge in [-0.25, -0.2) is 9.97 Å². The van der Waals surface area contributed by atoms with Crippen LogP contribution < -0.4 is 11.3 Å². The third-order valence-electron chi connectivity index (χ3n) is 2.77. The molecule has 2 rings (SSSR count). The number of hydrogen-bond donors (Lipinski definition) is 2. The Morgan fingerprint density at radius 1 is 1.22 bits per heavy atom. The molecule has 3 N–H and O–H groups in total. The lowest BCUT2D eigenvalue weighted by Gasteiger charge is -2.09. The number of nitrogen functional groups attached to an aromatic ring is 1. The second-order valence-corrected chi connectivity index (χ2v) is 4.07. The third kappa shape index (κ3) is 2.04. The van der Waals surface area contributed by atoms with Gasteiger partial charge in [0.25, 0.3) is 5.56 Å². The molecule has 2 aromatic heterocycles. The monoisotopic (exact) mass is 249 g/mol. The smallest absolute Gasteiger partial charge is 0.283 e. The zero-order valence-corrected chi connectivity index (χ0v) is 10.3. The maximum Gasteiger partial charge on any atom is 0.283 e. The SMILES string of the molecule is Cc1nc2nc(N)n(CCCO)c(=O)c2nc1C. The molecule has 0 spiro atoms. The van der Waals surface area contributed by atoms with Crippen LogP contribution in [0.1, 0.15) is 17.8 Å². The highest BCUT2D eigenvalue weighted by molar-refractivity contribution is 5.70. The lowest BCUT2D eigenvalue weighted by Crippen LogP contribution is -2.26. The lowest BCUT2D eigenvalue weighted by molar-refractivity contribution is 0.279. The first-order chi connectivity index (χ1) is 8.54. The molecule has 0 aliphatic heterocycles. The maximum atomic E-state index is 12.2. The molecular weight excluding hydrogens is 234 g/mol. The average molecular weight is 249 g/mol. The molecule has 0 aliphatic rings. The van der Waals surface area contributed by atoms with E-state index in [1.807, 2.05) is 0 Å². The molecule has 0 aliphatic carbocycles. The second kappa shape index (κ2) is 4.69. The Bertz CT molecular complexity index is 650. The topological polar surface area (TPSA) is 107 Å². The first kappa shape index (κ1) is 12.4. The molecular formula is C11H15N5O2.